The highest BCUT2D eigenvalue weighted by Gasteiger charge is 2.34. The first-order valence-corrected chi connectivity index (χ1v) is 9.36. The van der Waals surface area contributed by atoms with Gasteiger partial charge in [-0.05, 0) is 47.4 Å². The molecule has 2 rings (SSSR count). The van der Waals surface area contributed by atoms with Crippen LogP contribution < -0.4 is 5.32 Å². The molecule has 1 aromatic carbocycles. The number of benzene rings is 1. The lowest BCUT2D eigenvalue weighted by atomic mass is 10.2. The smallest absolute Gasteiger partial charge is 0.246 e. The Morgan fingerprint density at radius 3 is 2.73 bits per heavy atom. The standard InChI is InChI=1S/C13H17BrClFN2O2S.ClH/c1-2-5-18(9-3-4-17-8-9)21(19,20)13-7-11(15)10(14)6-12(13)16;/h6-7,9,17H,2-5,8H2,1H3;1H. The molecule has 9 heteroatoms. The first-order chi connectivity index (χ1) is 9.87. The Bertz CT molecular complexity index is 625. The summed E-state index contributed by atoms with van der Waals surface area (Å²) in [6.07, 6.45) is 1.40. The van der Waals surface area contributed by atoms with Gasteiger partial charge in [0.05, 0.1) is 5.02 Å². The highest BCUT2D eigenvalue weighted by molar-refractivity contribution is 9.10. The highest BCUT2D eigenvalue weighted by atomic mass is 79.9. The van der Waals surface area contributed by atoms with Crippen molar-refractivity contribution in [1.82, 2.24) is 9.62 Å². The van der Waals surface area contributed by atoms with Crippen molar-refractivity contribution in [2.24, 2.45) is 0 Å². The van der Waals surface area contributed by atoms with E-state index in [-0.39, 0.29) is 28.4 Å². The van der Waals surface area contributed by atoms with E-state index in [0.29, 0.717) is 24.0 Å². The fourth-order valence-electron chi connectivity index (χ4n) is 2.43. The van der Waals surface area contributed by atoms with Crippen LogP contribution in [0.4, 0.5) is 4.39 Å². The summed E-state index contributed by atoms with van der Waals surface area (Å²) in [5.41, 5.74) is 0. The molecule has 1 fully saturated rings. The van der Waals surface area contributed by atoms with Crippen molar-refractivity contribution in [3.63, 3.8) is 0 Å². The Labute approximate surface area is 150 Å². The molecule has 1 aliphatic heterocycles. The Kier molecular flexibility index (Phi) is 7.56. The van der Waals surface area contributed by atoms with Crippen LogP contribution >= 0.6 is 39.9 Å². The van der Waals surface area contributed by atoms with Crippen molar-refractivity contribution in [1.29, 1.82) is 0 Å². The number of nitrogens with one attached hydrogen (secondary N) is 1. The summed E-state index contributed by atoms with van der Waals surface area (Å²) >= 11 is 9.02. The van der Waals surface area contributed by atoms with E-state index in [1.165, 1.54) is 10.4 Å². The summed E-state index contributed by atoms with van der Waals surface area (Å²) in [7, 11) is -3.90. The van der Waals surface area contributed by atoms with Gasteiger partial charge in [0.2, 0.25) is 10.0 Å². The molecular formula is C13H18BrCl2FN2O2S. The van der Waals surface area contributed by atoms with E-state index in [1.54, 1.807) is 0 Å². The van der Waals surface area contributed by atoms with Gasteiger partial charge in [0, 0.05) is 23.6 Å². The van der Waals surface area contributed by atoms with Crippen LogP contribution in [0.25, 0.3) is 0 Å². The van der Waals surface area contributed by atoms with Gasteiger partial charge in [-0.3, -0.25) is 0 Å². The molecule has 1 saturated heterocycles. The molecule has 1 heterocycles. The van der Waals surface area contributed by atoms with Crippen molar-refractivity contribution in [3.05, 3.63) is 27.4 Å². The maximum absolute atomic E-state index is 14.1. The van der Waals surface area contributed by atoms with Crippen LogP contribution in [-0.2, 0) is 10.0 Å². The van der Waals surface area contributed by atoms with Crippen LogP contribution in [0.3, 0.4) is 0 Å². The number of nitrogens with zero attached hydrogens (tertiary/aromatic N) is 1. The van der Waals surface area contributed by atoms with Crippen molar-refractivity contribution >= 4 is 50.0 Å². The molecule has 0 amide bonds. The Balaban J connectivity index is 0.00000242. The maximum atomic E-state index is 14.1. The van der Waals surface area contributed by atoms with E-state index in [1.807, 2.05) is 6.92 Å². The quantitative estimate of drug-likeness (QED) is 0.720. The molecule has 1 aromatic rings. The highest BCUT2D eigenvalue weighted by Crippen LogP contribution is 2.31. The lowest BCUT2D eigenvalue weighted by Gasteiger charge is -2.27. The molecule has 0 aromatic heterocycles. The van der Waals surface area contributed by atoms with Crippen LogP contribution in [0.5, 0.6) is 0 Å². The second-order valence-corrected chi connectivity index (χ2v) is 8.08. The number of hydrogen-bond donors (Lipinski definition) is 1. The van der Waals surface area contributed by atoms with E-state index in [2.05, 4.69) is 21.2 Å². The molecule has 4 nitrogen and oxygen atoms in total. The van der Waals surface area contributed by atoms with E-state index >= 15 is 0 Å². The van der Waals surface area contributed by atoms with Gasteiger partial charge in [-0.1, -0.05) is 18.5 Å². The average Bonchev–Trinajstić information content (AvgIpc) is 2.93. The van der Waals surface area contributed by atoms with Gasteiger partial charge in [0.1, 0.15) is 10.7 Å². The summed E-state index contributed by atoms with van der Waals surface area (Å²) in [6, 6.07) is 2.12. The first-order valence-electron chi connectivity index (χ1n) is 6.75. The van der Waals surface area contributed by atoms with Crippen LogP contribution in [0.15, 0.2) is 21.5 Å². The SMILES string of the molecule is CCCN(C1CCNC1)S(=O)(=O)c1cc(Cl)c(Br)cc1F.Cl. The lowest BCUT2D eigenvalue weighted by Crippen LogP contribution is -2.42. The minimum atomic E-state index is -3.90. The third kappa shape index (κ3) is 4.13. The van der Waals surface area contributed by atoms with Crippen molar-refractivity contribution in [2.75, 3.05) is 19.6 Å². The van der Waals surface area contributed by atoms with Gasteiger partial charge in [0.25, 0.3) is 0 Å². The summed E-state index contributed by atoms with van der Waals surface area (Å²) in [6.45, 7) is 3.62. The van der Waals surface area contributed by atoms with Crippen molar-refractivity contribution in [3.8, 4) is 0 Å². The second kappa shape index (κ2) is 8.26. The van der Waals surface area contributed by atoms with Gasteiger partial charge in [-0.2, -0.15) is 4.31 Å². The lowest BCUT2D eigenvalue weighted by molar-refractivity contribution is 0.333. The summed E-state index contributed by atoms with van der Waals surface area (Å²) in [4.78, 5) is -0.365. The summed E-state index contributed by atoms with van der Waals surface area (Å²) in [5.74, 6) is -0.793. The number of rotatable bonds is 5. The van der Waals surface area contributed by atoms with Gasteiger partial charge >= 0.3 is 0 Å². The average molecular weight is 436 g/mol. The second-order valence-electron chi connectivity index (χ2n) is 4.96. The minimum absolute atomic E-state index is 0. The molecule has 1 N–H and O–H groups in total. The zero-order valence-electron chi connectivity index (χ0n) is 12.0. The molecule has 0 spiro atoms. The zero-order chi connectivity index (χ0) is 15.6. The van der Waals surface area contributed by atoms with Crippen molar-refractivity contribution < 1.29 is 12.8 Å². The van der Waals surface area contributed by atoms with E-state index in [4.69, 9.17) is 11.6 Å². The number of halogens is 4. The first kappa shape index (κ1) is 20.1. The Hall–Kier alpha value is 0.0800. The van der Waals surface area contributed by atoms with Crippen molar-refractivity contribution in [2.45, 2.75) is 30.7 Å². The molecule has 1 atom stereocenters. The van der Waals surface area contributed by atoms with Gasteiger partial charge in [-0.15, -0.1) is 12.4 Å². The van der Waals surface area contributed by atoms with Crippen LogP contribution in [-0.4, -0.2) is 38.4 Å². The topological polar surface area (TPSA) is 49.4 Å². The third-order valence-corrected chi connectivity index (χ3v) is 6.61. The van der Waals surface area contributed by atoms with E-state index in [9.17, 15) is 12.8 Å². The minimum Gasteiger partial charge on any atom is -0.315 e. The fourth-order valence-corrected chi connectivity index (χ4v) is 4.80. The molecule has 0 bridgehead atoms. The molecule has 1 unspecified atom stereocenters. The molecule has 126 valence electrons. The monoisotopic (exact) mass is 434 g/mol. The van der Waals surface area contributed by atoms with E-state index < -0.39 is 15.8 Å². The van der Waals surface area contributed by atoms with Gasteiger partial charge in [0.15, 0.2) is 0 Å². The normalized spacial score (nSPS) is 18.5. The van der Waals surface area contributed by atoms with Gasteiger partial charge in [-0.25, -0.2) is 12.8 Å². The number of hydrogen-bond acceptors (Lipinski definition) is 3. The maximum Gasteiger partial charge on any atom is 0.246 e. The molecule has 0 aliphatic carbocycles. The third-order valence-electron chi connectivity index (χ3n) is 3.45. The molecule has 22 heavy (non-hydrogen) atoms. The Morgan fingerprint density at radius 1 is 1.50 bits per heavy atom. The van der Waals surface area contributed by atoms with E-state index in [0.717, 1.165) is 19.0 Å². The molecular weight excluding hydrogens is 418 g/mol. The molecule has 0 saturated carbocycles. The summed E-state index contributed by atoms with van der Waals surface area (Å²) < 4.78 is 41.4. The molecule has 1 aliphatic rings. The Morgan fingerprint density at radius 2 is 2.18 bits per heavy atom. The van der Waals surface area contributed by atoms with Gasteiger partial charge < -0.3 is 5.32 Å². The van der Waals surface area contributed by atoms with Crippen LogP contribution in [0.2, 0.25) is 5.02 Å². The zero-order valence-corrected chi connectivity index (χ0v) is 16.0. The number of sulfonamides is 1. The molecule has 0 radical (unpaired) electrons. The predicted molar refractivity (Wildman–Crippen MR) is 91.8 cm³/mol. The van der Waals surface area contributed by atoms with Crippen LogP contribution in [0.1, 0.15) is 19.8 Å². The largest absolute Gasteiger partial charge is 0.315 e. The fraction of sp³-hybridized carbons (Fsp3) is 0.538. The van der Waals surface area contributed by atoms with Crippen LogP contribution in [0, 0.1) is 5.82 Å². The summed E-state index contributed by atoms with van der Waals surface area (Å²) in [5, 5.41) is 3.31. The predicted octanol–water partition coefficient (Wildman–Crippen LogP) is 3.43.